The molecular formula is C29H32N6. The first-order valence-corrected chi connectivity index (χ1v) is 12.4. The first-order chi connectivity index (χ1) is 17.4. The molecule has 1 aliphatic rings. The summed E-state index contributed by atoms with van der Waals surface area (Å²) in [6.45, 7) is 5.73. The molecule has 6 heteroatoms. The summed E-state index contributed by atoms with van der Waals surface area (Å²) >= 11 is 0. The quantitative estimate of drug-likeness (QED) is 0.369. The number of hydrogen-bond acceptors (Lipinski definition) is 5. The fourth-order valence-corrected chi connectivity index (χ4v) is 4.71. The van der Waals surface area contributed by atoms with Crippen molar-refractivity contribution < 1.29 is 0 Å². The molecule has 35 heavy (non-hydrogen) atoms. The number of tetrazole rings is 1. The van der Waals surface area contributed by atoms with Gasteiger partial charge in [0.25, 0.3) is 0 Å². The maximum absolute atomic E-state index is 4.52. The Bertz CT molecular complexity index is 1180. The van der Waals surface area contributed by atoms with Crippen LogP contribution in [0.5, 0.6) is 0 Å². The molecule has 1 atom stereocenters. The van der Waals surface area contributed by atoms with Crippen LogP contribution >= 0.6 is 0 Å². The highest BCUT2D eigenvalue weighted by atomic mass is 15.6. The Kier molecular flexibility index (Phi) is 7.73. The number of nitrogens with zero attached hydrogens (tertiary/aromatic N) is 6. The van der Waals surface area contributed by atoms with E-state index in [0.29, 0.717) is 0 Å². The van der Waals surface area contributed by atoms with E-state index in [4.69, 9.17) is 0 Å². The van der Waals surface area contributed by atoms with Gasteiger partial charge in [0.1, 0.15) is 0 Å². The van der Waals surface area contributed by atoms with Crippen molar-refractivity contribution in [3.63, 3.8) is 0 Å². The van der Waals surface area contributed by atoms with E-state index in [9.17, 15) is 0 Å². The van der Waals surface area contributed by atoms with Crippen LogP contribution in [0.1, 0.15) is 28.6 Å². The lowest BCUT2D eigenvalue weighted by atomic mass is 10.0. The van der Waals surface area contributed by atoms with Crippen molar-refractivity contribution >= 4 is 6.08 Å². The molecule has 0 bridgehead atoms. The molecule has 0 N–H and O–H groups in total. The van der Waals surface area contributed by atoms with Crippen LogP contribution in [0.15, 0.2) is 97.1 Å². The normalized spacial score (nSPS) is 16.0. The Hall–Kier alpha value is -3.61. The molecular weight excluding hydrogens is 432 g/mol. The van der Waals surface area contributed by atoms with E-state index in [1.54, 1.807) is 0 Å². The molecule has 0 spiro atoms. The van der Waals surface area contributed by atoms with E-state index >= 15 is 0 Å². The van der Waals surface area contributed by atoms with Crippen LogP contribution in [0, 0.1) is 0 Å². The lowest BCUT2D eigenvalue weighted by Crippen LogP contribution is -2.48. The molecule has 1 saturated heterocycles. The van der Waals surface area contributed by atoms with Crippen LogP contribution in [-0.4, -0.2) is 62.7 Å². The van der Waals surface area contributed by atoms with Crippen molar-refractivity contribution in [1.82, 2.24) is 30.0 Å². The van der Waals surface area contributed by atoms with Crippen LogP contribution in [0.2, 0.25) is 0 Å². The SMILES string of the molecule is C(=C\c1ccccc1)/CN1CCN([C@H](c2ccccc2)c2nnnn2CCc2ccccc2)CC1. The van der Waals surface area contributed by atoms with Gasteiger partial charge in [-0.2, -0.15) is 0 Å². The van der Waals surface area contributed by atoms with Gasteiger partial charge >= 0.3 is 0 Å². The van der Waals surface area contributed by atoms with E-state index in [-0.39, 0.29) is 6.04 Å². The molecule has 1 fully saturated rings. The van der Waals surface area contributed by atoms with Gasteiger partial charge in [-0.15, -0.1) is 5.10 Å². The standard InChI is InChI=1S/C29H32N6/c1-4-11-25(12-5-1)15-10-19-33-21-23-34(24-22-33)28(27-16-8-3-9-17-27)29-30-31-32-35(29)20-18-26-13-6-2-7-14-26/h1-17,28H,18-24H2/b15-10+/t28-/m1/s1. The molecule has 1 aromatic heterocycles. The number of benzene rings is 3. The molecule has 6 nitrogen and oxygen atoms in total. The highest BCUT2D eigenvalue weighted by molar-refractivity contribution is 5.48. The summed E-state index contributed by atoms with van der Waals surface area (Å²) in [5, 5.41) is 13.0. The molecule has 0 amide bonds. The summed E-state index contributed by atoms with van der Waals surface area (Å²) < 4.78 is 1.99. The third-order valence-electron chi connectivity index (χ3n) is 6.62. The zero-order valence-electron chi connectivity index (χ0n) is 20.0. The van der Waals surface area contributed by atoms with E-state index in [2.05, 4.69) is 128 Å². The van der Waals surface area contributed by atoms with Crippen LogP contribution in [0.4, 0.5) is 0 Å². The smallest absolute Gasteiger partial charge is 0.173 e. The van der Waals surface area contributed by atoms with E-state index in [1.807, 2.05) is 4.68 Å². The number of piperazine rings is 1. The first-order valence-electron chi connectivity index (χ1n) is 12.4. The Morgan fingerprint density at radius 3 is 2.14 bits per heavy atom. The molecule has 1 aliphatic heterocycles. The molecule has 0 aliphatic carbocycles. The highest BCUT2D eigenvalue weighted by Crippen LogP contribution is 2.28. The molecule has 3 aromatic carbocycles. The molecule has 5 rings (SSSR count). The first kappa shape index (κ1) is 23.1. The van der Waals surface area contributed by atoms with Crippen molar-refractivity contribution in [2.45, 2.75) is 19.0 Å². The summed E-state index contributed by atoms with van der Waals surface area (Å²) in [7, 11) is 0. The minimum atomic E-state index is 0.0454. The zero-order chi connectivity index (χ0) is 23.7. The van der Waals surface area contributed by atoms with Gasteiger partial charge in [-0.1, -0.05) is 103 Å². The predicted molar refractivity (Wildman–Crippen MR) is 140 cm³/mol. The average Bonchev–Trinajstić information content (AvgIpc) is 3.38. The van der Waals surface area contributed by atoms with Crippen LogP contribution in [0.3, 0.4) is 0 Å². The van der Waals surface area contributed by atoms with Crippen molar-refractivity contribution in [2.75, 3.05) is 32.7 Å². The molecule has 0 saturated carbocycles. The average molecular weight is 465 g/mol. The lowest BCUT2D eigenvalue weighted by molar-refractivity contribution is 0.112. The summed E-state index contributed by atoms with van der Waals surface area (Å²) in [6.07, 6.45) is 5.38. The zero-order valence-corrected chi connectivity index (χ0v) is 20.0. The van der Waals surface area contributed by atoms with Crippen molar-refractivity contribution in [2.24, 2.45) is 0 Å². The second-order valence-electron chi connectivity index (χ2n) is 8.96. The maximum atomic E-state index is 4.52. The third-order valence-corrected chi connectivity index (χ3v) is 6.62. The summed E-state index contributed by atoms with van der Waals surface area (Å²) in [4.78, 5) is 5.04. The van der Waals surface area contributed by atoms with E-state index in [0.717, 1.165) is 51.5 Å². The van der Waals surface area contributed by atoms with E-state index in [1.165, 1.54) is 16.7 Å². The molecule has 4 aromatic rings. The van der Waals surface area contributed by atoms with Crippen LogP contribution in [-0.2, 0) is 13.0 Å². The van der Waals surface area contributed by atoms with Gasteiger partial charge in [-0.3, -0.25) is 9.80 Å². The van der Waals surface area contributed by atoms with Gasteiger partial charge in [-0.25, -0.2) is 4.68 Å². The Labute approximate surface area is 207 Å². The Morgan fingerprint density at radius 1 is 0.771 bits per heavy atom. The van der Waals surface area contributed by atoms with Crippen molar-refractivity contribution in [1.29, 1.82) is 0 Å². The predicted octanol–water partition coefficient (Wildman–Crippen LogP) is 4.34. The minimum absolute atomic E-state index is 0.0454. The number of rotatable bonds is 9. The van der Waals surface area contributed by atoms with Crippen LogP contribution in [0.25, 0.3) is 6.08 Å². The van der Waals surface area contributed by atoms with Gasteiger partial charge in [0, 0.05) is 39.3 Å². The number of aromatic nitrogens is 4. The minimum Gasteiger partial charge on any atom is -0.297 e. The number of hydrogen-bond donors (Lipinski definition) is 0. The third kappa shape index (κ3) is 6.10. The molecule has 2 heterocycles. The molecule has 0 unspecified atom stereocenters. The van der Waals surface area contributed by atoms with Gasteiger partial charge in [0.15, 0.2) is 5.82 Å². The van der Waals surface area contributed by atoms with Crippen molar-refractivity contribution in [3.8, 4) is 0 Å². The fourth-order valence-electron chi connectivity index (χ4n) is 4.71. The summed E-state index contributed by atoms with van der Waals surface area (Å²) in [5.41, 5.74) is 3.78. The number of aryl methyl sites for hydroxylation is 2. The summed E-state index contributed by atoms with van der Waals surface area (Å²) in [5.74, 6) is 0.921. The Morgan fingerprint density at radius 2 is 1.43 bits per heavy atom. The van der Waals surface area contributed by atoms with Gasteiger partial charge in [-0.05, 0) is 33.5 Å². The fraction of sp³-hybridized carbons (Fsp3) is 0.276. The monoisotopic (exact) mass is 464 g/mol. The lowest BCUT2D eigenvalue weighted by Gasteiger charge is -2.38. The van der Waals surface area contributed by atoms with E-state index < -0.39 is 0 Å². The van der Waals surface area contributed by atoms with Gasteiger partial charge in [0.2, 0.25) is 0 Å². The van der Waals surface area contributed by atoms with Crippen molar-refractivity contribution in [3.05, 3.63) is 120 Å². The second-order valence-corrected chi connectivity index (χ2v) is 8.96. The highest BCUT2D eigenvalue weighted by Gasteiger charge is 2.30. The van der Waals surface area contributed by atoms with Gasteiger partial charge in [0.05, 0.1) is 6.04 Å². The second kappa shape index (κ2) is 11.7. The van der Waals surface area contributed by atoms with Gasteiger partial charge < -0.3 is 0 Å². The van der Waals surface area contributed by atoms with Crippen LogP contribution < -0.4 is 0 Å². The largest absolute Gasteiger partial charge is 0.297 e. The summed E-state index contributed by atoms with van der Waals surface area (Å²) in [6, 6.07) is 31.7. The maximum Gasteiger partial charge on any atom is 0.173 e. The Balaban J connectivity index is 1.27. The molecule has 178 valence electrons. The molecule has 0 radical (unpaired) electrons. The topological polar surface area (TPSA) is 50.1 Å².